The third kappa shape index (κ3) is 8460. The fourth-order valence-corrected chi connectivity index (χ4v) is 0. The Morgan fingerprint density at radius 1 is 0.294 bits per heavy atom. The minimum atomic E-state index is -2.17. The number of hydrogen-bond donors (Lipinski definition) is 12. The van der Waals surface area contributed by atoms with Crippen LogP contribution in [0.5, 0.6) is 0 Å². The van der Waals surface area contributed by atoms with Gasteiger partial charge in [-0.25, -0.2) is 0 Å². The van der Waals surface area contributed by atoms with Crippen LogP contribution in [0, 0.1) is 0 Å². The Morgan fingerprint density at radius 3 is 0.294 bits per heavy atom. The summed E-state index contributed by atoms with van der Waals surface area (Å²) in [6.45, 7) is 0. The summed E-state index contributed by atoms with van der Waals surface area (Å²) in [5.74, 6) is 0. The monoisotopic (exact) mass is 366 g/mol. The van der Waals surface area contributed by atoms with Gasteiger partial charge >= 0.3 is 55.1 Å². The van der Waals surface area contributed by atoms with Crippen LogP contribution in [0.2, 0.25) is 0 Å². The van der Waals surface area contributed by atoms with Crippen LogP contribution in [0.15, 0.2) is 0 Å². The average molecular weight is 365 g/mol. The number of hydrogen-bond acceptors (Lipinski definition) is 12. The van der Waals surface area contributed by atoms with Gasteiger partial charge < -0.3 is 60.3 Å². The molecule has 0 rings (SSSR count). The first-order valence-electron chi connectivity index (χ1n) is 3.10. The quantitative estimate of drug-likeness (QED) is 0.179. The molecule has 0 bridgehead atoms. The van der Waals surface area contributed by atoms with Gasteiger partial charge in [0.15, 0.2) is 0 Å². The molecule has 0 aliphatic carbocycles. The van der Waals surface area contributed by atoms with Crippen molar-refractivity contribution in [3.63, 3.8) is 0 Å². The molecule has 0 unspecified atom stereocenters. The zero-order valence-electron chi connectivity index (χ0n) is 7.68. The molecule has 102 valence electrons. The summed E-state index contributed by atoms with van der Waals surface area (Å²) in [7, 11) is -8.67. The molecular weight excluding hydrogens is 350 g/mol. The van der Waals surface area contributed by atoms with Crippen LogP contribution >= 0.6 is 0 Å². The molecule has 17 heavy (non-hydrogen) atoms. The maximum atomic E-state index is 7.17. The van der Waals surface area contributed by atoms with Gasteiger partial charge in [-0.3, -0.25) is 0 Å². The standard InChI is InChI=1S/4BH3O3.In.3H/c4*2-1(3)4;;;;/h4*2-4H;;;;. The van der Waals surface area contributed by atoms with E-state index in [9.17, 15) is 0 Å². The van der Waals surface area contributed by atoms with Crippen LogP contribution in [0.3, 0.4) is 0 Å². The van der Waals surface area contributed by atoms with Crippen LogP contribution in [0.4, 0.5) is 0 Å². The molecule has 0 saturated heterocycles. The van der Waals surface area contributed by atoms with Crippen molar-refractivity contribution in [2.75, 3.05) is 0 Å². The zero-order valence-corrected chi connectivity index (χ0v) is 7.68. The van der Waals surface area contributed by atoms with Gasteiger partial charge in [-0.05, 0) is 0 Å². The molecule has 0 aliphatic rings. The maximum absolute atomic E-state index is 7.17. The van der Waals surface area contributed by atoms with E-state index in [0.717, 1.165) is 0 Å². The minimum absolute atomic E-state index is 0. The first kappa shape index (κ1) is 30.6. The van der Waals surface area contributed by atoms with E-state index < -0.39 is 29.3 Å². The van der Waals surface area contributed by atoms with Crippen molar-refractivity contribution in [1.82, 2.24) is 0 Å². The van der Waals surface area contributed by atoms with E-state index >= 15 is 0 Å². The molecule has 12 N–H and O–H groups in total. The predicted octanol–water partition coefficient (Wildman–Crippen LogP) is -9.39. The normalized spacial score (nSPS) is 6.35. The van der Waals surface area contributed by atoms with Gasteiger partial charge in [-0.15, -0.1) is 0 Å². The molecule has 0 spiro atoms. The second-order valence-electron chi connectivity index (χ2n) is 1.39. The van der Waals surface area contributed by atoms with E-state index in [2.05, 4.69) is 0 Å². The molecule has 0 amide bonds. The fraction of sp³-hybridized carbons (Fsp3) is 0. The van der Waals surface area contributed by atoms with Crippen molar-refractivity contribution in [2.24, 2.45) is 0 Å². The Kier molecular flexibility index (Phi) is 45.8. The van der Waals surface area contributed by atoms with Gasteiger partial charge in [0.2, 0.25) is 0 Å². The van der Waals surface area contributed by atoms with Crippen LogP contribution in [0.25, 0.3) is 0 Å². The summed E-state index contributed by atoms with van der Waals surface area (Å²) in [4.78, 5) is 0. The first-order valence-corrected chi connectivity index (χ1v) is 3.10. The van der Waals surface area contributed by atoms with Crippen LogP contribution < -0.4 is 0 Å². The van der Waals surface area contributed by atoms with Gasteiger partial charge in [-0.1, -0.05) is 0 Å². The zero-order chi connectivity index (χ0) is 14.3. The Hall–Kier alpha value is 0.650. The summed E-state index contributed by atoms with van der Waals surface area (Å²) < 4.78 is 0. The topological polar surface area (TPSA) is 243 Å². The summed E-state index contributed by atoms with van der Waals surface area (Å²) in [6, 6.07) is 0. The van der Waals surface area contributed by atoms with E-state index in [1.807, 2.05) is 0 Å². The average Bonchev–Trinajstić information content (AvgIpc) is 1.76. The van der Waals surface area contributed by atoms with Gasteiger partial charge in [0, 0.05) is 0 Å². The van der Waals surface area contributed by atoms with E-state index in [-0.39, 0.29) is 25.8 Å². The summed E-state index contributed by atoms with van der Waals surface area (Å²) in [6.07, 6.45) is 0. The molecule has 0 saturated carbocycles. The Balaban J connectivity index is -0.0000000369. The Labute approximate surface area is 116 Å². The van der Waals surface area contributed by atoms with E-state index in [1.165, 1.54) is 0 Å². The van der Waals surface area contributed by atoms with Crippen molar-refractivity contribution in [3.05, 3.63) is 0 Å². The second kappa shape index (κ2) is 25.5. The molecule has 0 radical (unpaired) electrons. The third-order valence-electron chi connectivity index (χ3n) is 0. The fourth-order valence-electron chi connectivity index (χ4n) is 0. The summed E-state index contributed by atoms with van der Waals surface area (Å²) >= 11 is 0. The van der Waals surface area contributed by atoms with Crippen molar-refractivity contribution in [3.8, 4) is 0 Å². The molecule has 0 atom stereocenters. The molecule has 12 nitrogen and oxygen atoms in total. The molecule has 0 aromatic carbocycles. The van der Waals surface area contributed by atoms with Gasteiger partial charge in [0.05, 0.1) is 0 Å². The van der Waals surface area contributed by atoms with Crippen molar-refractivity contribution in [1.29, 1.82) is 0 Å². The van der Waals surface area contributed by atoms with Crippen molar-refractivity contribution < 1.29 is 60.3 Å². The molecule has 0 fully saturated rings. The SMILES string of the molecule is OB(O)O.OB(O)O.OB(O)O.OB(O)O.[InH3]. The molecular formula is H15B4InO12. The second-order valence-corrected chi connectivity index (χ2v) is 1.39. The van der Waals surface area contributed by atoms with Crippen LogP contribution in [-0.2, 0) is 0 Å². The van der Waals surface area contributed by atoms with Gasteiger partial charge in [0.1, 0.15) is 0 Å². The summed E-state index contributed by atoms with van der Waals surface area (Å²) in [5, 5.41) is 86.0. The van der Waals surface area contributed by atoms with Gasteiger partial charge in [0.25, 0.3) is 0 Å². The first-order chi connectivity index (χ1) is 6.93. The molecule has 0 heterocycles. The number of rotatable bonds is 0. The predicted molar refractivity (Wildman–Crippen MR) is 59.6 cm³/mol. The van der Waals surface area contributed by atoms with E-state index in [1.54, 1.807) is 0 Å². The summed E-state index contributed by atoms with van der Waals surface area (Å²) in [5.41, 5.74) is 0. The van der Waals surface area contributed by atoms with Gasteiger partial charge in [-0.2, -0.15) is 0 Å². The molecule has 0 aromatic rings. The van der Waals surface area contributed by atoms with E-state index in [4.69, 9.17) is 60.3 Å². The van der Waals surface area contributed by atoms with Crippen LogP contribution in [0.1, 0.15) is 0 Å². The Morgan fingerprint density at radius 2 is 0.294 bits per heavy atom. The molecule has 0 aliphatic heterocycles. The Bertz CT molecular complexity index is 61.5. The van der Waals surface area contributed by atoms with Crippen molar-refractivity contribution in [2.45, 2.75) is 0 Å². The van der Waals surface area contributed by atoms with E-state index in [0.29, 0.717) is 0 Å². The van der Waals surface area contributed by atoms with Crippen LogP contribution in [-0.4, -0.2) is 115 Å². The van der Waals surface area contributed by atoms with Crippen molar-refractivity contribution >= 4 is 55.1 Å². The third-order valence-corrected chi connectivity index (χ3v) is 0. The molecule has 17 heteroatoms. The molecule has 0 aromatic heterocycles.